The highest BCUT2D eigenvalue weighted by Crippen LogP contribution is 2.31. The Kier molecular flexibility index (Phi) is 5.52. The van der Waals surface area contributed by atoms with Crippen LogP contribution in [0.25, 0.3) is 10.9 Å². The number of hydrogen-bond acceptors (Lipinski definition) is 6. The Bertz CT molecular complexity index is 1100. The monoisotopic (exact) mass is 406 g/mol. The van der Waals surface area contributed by atoms with Gasteiger partial charge in [-0.3, -0.25) is 9.78 Å². The van der Waals surface area contributed by atoms with Crippen molar-refractivity contribution < 1.29 is 23.8 Å². The lowest BCUT2D eigenvalue weighted by Gasteiger charge is -2.29. The van der Waals surface area contributed by atoms with E-state index in [1.54, 1.807) is 13.1 Å². The van der Waals surface area contributed by atoms with Gasteiger partial charge in [0.15, 0.2) is 24.2 Å². The minimum atomic E-state index is -0.551. The molecule has 0 bridgehead atoms. The van der Waals surface area contributed by atoms with Crippen LogP contribution in [0.15, 0.2) is 54.6 Å². The zero-order valence-corrected chi connectivity index (χ0v) is 16.8. The Morgan fingerprint density at radius 2 is 1.87 bits per heavy atom. The van der Waals surface area contributed by atoms with Gasteiger partial charge in [-0.1, -0.05) is 30.3 Å². The summed E-state index contributed by atoms with van der Waals surface area (Å²) in [4.78, 5) is 31.0. The van der Waals surface area contributed by atoms with Crippen molar-refractivity contribution in [1.29, 1.82) is 0 Å². The maximum Gasteiger partial charge on any atom is 0.339 e. The highest BCUT2D eigenvalue weighted by molar-refractivity contribution is 6.04. The fourth-order valence-corrected chi connectivity index (χ4v) is 3.35. The first-order valence-corrected chi connectivity index (χ1v) is 9.67. The normalized spacial score (nSPS) is 14.9. The van der Waals surface area contributed by atoms with E-state index < -0.39 is 5.97 Å². The summed E-state index contributed by atoms with van der Waals surface area (Å²) in [5.74, 6) is 0.475. The maximum atomic E-state index is 12.6. The summed E-state index contributed by atoms with van der Waals surface area (Å²) in [7, 11) is 1.64. The van der Waals surface area contributed by atoms with Crippen molar-refractivity contribution in [2.75, 3.05) is 26.8 Å². The predicted octanol–water partition coefficient (Wildman–Crippen LogP) is 3.00. The summed E-state index contributed by atoms with van der Waals surface area (Å²) < 4.78 is 16.8. The first-order valence-electron chi connectivity index (χ1n) is 9.67. The van der Waals surface area contributed by atoms with Gasteiger partial charge in [-0.25, -0.2) is 4.79 Å². The lowest BCUT2D eigenvalue weighted by Crippen LogP contribution is -2.43. The first kappa shape index (κ1) is 19.7. The molecule has 2 heterocycles. The average molecular weight is 406 g/mol. The molecule has 1 atom stereocenters. The smallest absolute Gasteiger partial charge is 0.339 e. The summed E-state index contributed by atoms with van der Waals surface area (Å²) in [5, 5.41) is 0.695. The Labute approximate surface area is 174 Å². The van der Waals surface area contributed by atoms with E-state index in [0.29, 0.717) is 46.8 Å². The Hall–Kier alpha value is -3.61. The number of carbonyl (C=O) groups is 2. The van der Waals surface area contributed by atoms with Gasteiger partial charge < -0.3 is 19.1 Å². The number of nitrogens with zero attached hydrogens (tertiary/aromatic N) is 2. The van der Waals surface area contributed by atoms with Crippen LogP contribution in [0, 0.1) is 6.92 Å². The van der Waals surface area contributed by atoms with Crippen LogP contribution in [-0.2, 0) is 9.53 Å². The second-order valence-corrected chi connectivity index (χ2v) is 7.18. The molecule has 30 heavy (non-hydrogen) atoms. The van der Waals surface area contributed by atoms with Gasteiger partial charge >= 0.3 is 5.97 Å². The van der Waals surface area contributed by atoms with E-state index in [9.17, 15) is 9.59 Å². The van der Waals surface area contributed by atoms with E-state index in [4.69, 9.17) is 14.2 Å². The molecule has 0 saturated carbocycles. The third-order valence-corrected chi connectivity index (χ3v) is 4.86. The van der Waals surface area contributed by atoms with Crippen LogP contribution >= 0.6 is 0 Å². The van der Waals surface area contributed by atoms with E-state index in [1.165, 1.54) is 4.90 Å². The molecular formula is C23H22N2O5. The fraction of sp³-hybridized carbons (Fsp3) is 0.261. The topological polar surface area (TPSA) is 78.0 Å². The van der Waals surface area contributed by atoms with Crippen molar-refractivity contribution in [2.24, 2.45) is 0 Å². The number of likely N-dealkylation sites (N-methyl/N-ethyl adjacent to an activating group) is 1. The second kappa shape index (κ2) is 8.41. The Balaban J connectivity index is 1.35. The van der Waals surface area contributed by atoms with Crippen LogP contribution in [0.1, 0.15) is 16.1 Å². The van der Waals surface area contributed by atoms with Crippen LogP contribution in [0.3, 0.4) is 0 Å². The number of hydrogen-bond donors (Lipinski definition) is 0. The van der Waals surface area contributed by atoms with Gasteiger partial charge in [-0.2, -0.15) is 0 Å². The molecule has 154 valence electrons. The van der Waals surface area contributed by atoms with Crippen molar-refractivity contribution in [3.63, 3.8) is 0 Å². The van der Waals surface area contributed by atoms with Gasteiger partial charge in [0.1, 0.15) is 6.61 Å². The van der Waals surface area contributed by atoms with E-state index in [-0.39, 0.29) is 18.6 Å². The van der Waals surface area contributed by atoms with Crippen LogP contribution in [0.2, 0.25) is 0 Å². The van der Waals surface area contributed by atoms with Crippen LogP contribution in [0.5, 0.6) is 11.5 Å². The van der Waals surface area contributed by atoms with E-state index in [0.717, 1.165) is 0 Å². The number of pyridine rings is 1. The van der Waals surface area contributed by atoms with Gasteiger partial charge in [-0.15, -0.1) is 0 Å². The van der Waals surface area contributed by atoms with Gasteiger partial charge in [-0.05, 0) is 31.2 Å². The number of amides is 1. The minimum absolute atomic E-state index is 0.295. The highest BCUT2D eigenvalue weighted by Gasteiger charge is 2.24. The number of aromatic nitrogens is 1. The third-order valence-electron chi connectivity index (χ3n) is 4.86. The van der Waals surface area contributed by atoms with E-state index >= 15 is 0 Å². The molecular weight excluding hydrogens is 384 g/mol. The Morgan fingerprint density at radius 3 is 2.70 bits per heavy atom. The number of rotatable bonds is 5. The summed E-state index contributed by atoms with van der Waals surface area (Å²) in [6, 6.07) is 16.4. The summed E-state index contributed by atoms with van der Waals surface area (Å²) >= 11 is 0. The number of benzene rings is 2. The summed E-state index contributed by atoms with van der Waals surface area (Å²) in [6.45, 7) is 2.13. The molecule has 3 aromatic rings. The van der Waals surface area contributed by atoms with E-state index in [1.807, 2.05) is 55.5 Å². The van der Waals surface area contributed by atoms with Gasteiger partial charge in [0.25, 0.3) is 5.91 Å². The first-order chi connectivity index (χ1) is 14.5. The SMILES string of the molecule is Cc1cc(C(=O)OCC(=O)N(C)C[C@H]2COc3ccccc3O2)c2ccccc2n1. The molecule has 0 radical (unpaired) electrons. The van der Waals surface area contributed by atoms with Crippen molar-refractivity contribution in [3.8, 4) is 11.5 Å². The number of fused-ring (bicyclic) bond motifs is 2. The van der Waals surface area contributed by atoms with Crippen LogP contribution in [0.4, 0.5) is 0 Å². The second-order valence-electron chi connectivity index (χ2n) is 7.18. The third kappa shape index (κ3) is 4.20. The van der Waals surface area contributed by atoms with E-state index in [2.05, 4.69) is 4.98 Å². The standard InChI is InChI=1S/C23H22N2O5/c1-15-11-18(17-7-3-4-8-19(17)24-15)23(27)29-14-22(26)25(2)12-16-13-28-20-9-5-6-10-21(20)30-16/h3-11,16H,12-14H2,1-2H3/t16-/m0/s1. The lowest BCUT2D eigenvalue weighted by molar-refractivity contribution is -0.134. The van der Waals surface area contributed by atoms with Crippen molar-refractivity contribution in [3.05, 3.63) is 65.9 Å². The summed E-state index contributed by atoms with van der Waals surface area (Å²) in [6.07, 6.45) is -0.295. The molecule has 0 saturated heterocycles. The molecule has 4 rings (SSSR count). The number of ether oxygens (including phenoxy) is 3. The molecule has 1 aromatic heterocycles. The molecule has 0 N–H and O–H groups in total. The van der Waals surface area contributed by atoms with Crippen molar-refractivity contribution in [2.45, 2.75) is 13.0 Å². The summed E-state index contributed by atoms with van der Waals surface area (Å²) in [5.41, 5.74) is 1.82. The minimum Gasteiger partial charge on any atom is -0.486 e. The molecule has 1 aliphatic heterocycles. The molecule has 0 aliphatic carbocycles. The van der Waals surface area contributed by atoms with Crippen molar-refractivity contribution >= 4 is 22.8 Å². The predicted molar refractivity (Wildman–Crippen MR) is 111 cm³/mol. The van der Waals surface area contributed by atoms with Gasteiger partial charge in [0.2, 0.25) is 0 Å². The molecule has 0 unspecified atom stereocenters. The van der Waals surface area contributed by atoms with Gasteiger partial charge in [0.05, 0.1) is 17.6 Å². The molecule has 7 nitrogen and oxygen atoms in total. The molecule has 1 aliphatic rings. The zero-order chi connectivity index (χ0) is 21.1. The number of esters is 1. The Morgan fingerprint density at radius 1 is 1.13 bits per heavy atom. The average Bonchev–Trinajstić information content (AvgIpc) is 2.76. The number of para-hydroxylation sites is 3. The van der Waals surface area contributed by atoms with Gasteiger partial charge in [0, 0.05) is 18.1 Å². The van der Waals surface area contributed by atoms with Crippen LogP contribution < -0.4 is 9.47 Å². The highest BCUT2D eigenvalue weighted by atomic mass is 16.6. The fourth-order valence-electron chi connectivity index (χ4n) is 3.35. The molecule has 7 heteroatoms. The molecule has 0 fully saturated rings. The maximum absolute atomic E-state index is 12.6. The van der Waals surface area contributed by atoms with Crippen LogP contribution in [-0.4, -0.2) is 54.7 Å². The number of aryl methyl sites for hydroxylation is 1. The zero-order valence-electron chi connectivity index (χ0n) is 16.8. The largest absolute Gasteiger partial charge is 0.486 e. The lowest BCUT2D eigenvalue weighted by atomic mass is 10.1. The quantitative estimate of drug-likeness (QED) is 0.606. The molecule has 0 spiro atoms. The van der Waals surface area contributed by atoms with Crippen molar-refractivity contribution in [1.82, 2.24) is 9.88 Å². The molecule has 2 aromatic carbocycles. The number of carbonyl (C=O) groups excluding carboxylic acids is 2. The molecule has 1 amide bonds.